The van der Waals surface area contributed by atoms with Crippen LogP contribution in [0.15, 0.2) is 18.2 Å². The standard InChI is InChI=1S/C16H23NO/c1-12-8-13(2)10-15(9-12)17(3)11-16(18)14-6-4-5-7-14/h8-10,14H,4-7,11H2,1-3H3. The van der Waals surface area contributed by atoms with Crippen molar-refractivity contribution in [1.82, 2.24) is 0 Å². The van der Waals surface area contributed by atoms with Crippen LogP contribution >= 0.6 is 0 Å². The van der Waals surface area contributed by atoms with E-state index in [4.69, 9.17) is 0 Å². The third kappa shape index (κ3) is 3.12. The molecule has 1 saturated carbocycles. The maximum Gasteiger partial charge on any atom is 0.155 e. The van der Waals surface area contributed by atoms with E-state index in [9.17, 15) is 4.79 Å². The van der Waals surface area contributed by atoms with Crippen LogP contribution in [0.5, 0.6) is 0 Å². The molecule has 0 N–H and O–H groups in total. The smallest absolute Gasteiger partial charge is 0.155 e. The van der Waals surface area contributed by atoms with Crippen LogP contribution in [0.2, 0.25) is 0 Å². The van der Waals surface area contributed by atoms with Crippen molar-refractivity contribution < 1.29 is 4.79 Å². The number of hydrogen-bond donors (Lipinski definition) is 0. The lowest BCUT2D eigenvalue weighted by atomic mass is 10.0. The van der Waals surface area contributed by atoms with E-state index in [1.54, 1.807) is 0 Å². The molecule has 0 saturated heterocycles. The van der Waals surface area contributed by atoms with E-state index < -0.39 is 0 Å². The normalized spacial score (nSPS) is 15.9. The summed E-state index contributed by atoms with van der Waals surface area (Å²) in [6.07, 6.45) is 4.65. The van der Waals surface area contributed by atoms with Crippen molar-refractivity contribution in [3.8, 4) is 0 Å². The van der Waals surface area contributed by atoms with E-state index in [0.717, 1.165) is 18.5 Å². The van der Waals surface area contributed by atoms with Crippen molar-refractivity contribution in [3.63, 3.8) is 0 Å². The highest BCUT2D eigenvalue weighted by molar-refractivity contribution is 5.85. The Morgan fingerprint density at radius 3 is 2.28 bits per heavy atom. The van der Waals surface area contributed by atoms with E-state index in [2.05, 4.69) is 36.9 Å². The predicted octanol–water partition coefficient (Wildman–Crippen LogP) is 3.50. The molecule has 2 rings (SSSR count). The van der Waals surface area contributed by atoms with Gasteiger partial charge in [0.05, 0.1) is 6.54 Å². The highest BCUT2D eigenvalue weighted by atomic mass is 16.1. The largest absolute Gasteiger partial charge is 0.367 e. The van der Waals surface area contributed by atoms with Crippen LogP contribution < -0.4 is 4.90 Å². The topological polar surface area (TPSA) is 20.3 Å². The van der Waals surface area contributed by atoms with Crippen LogP contribution in [0.25, 0.3) is 0 Å². The molecule has 0 heterocycles. The zero-order valence-corrected chi connectivity index (χ0v) is 11.7. The number of benzene rings is 1. The van der Waals surface area contributed by atoms with Crippen LogP contribution in [0.1, 0.15) is 36.8 Å². The summed E-state index contributed by atoms with van der Waals surface area (Å²) in [5.74, 6) is 0.729. The maximum absolute atomic E-state index is 12.2. The minimum Gasteiger partial charge on any atom is -0.367 e. The number of nitrogens with zero attached hydrogens (tertiary/aromatic N) is 1. The lowest BCUT2D eigenvalue weighted by Crippen LogP contribution is -2.29. The van der Waals surface area contributed by atoms with Crippen molar-refractivity contribution in [2.24, 2.45) is 5.92 Å². The van der Waals surface area contributed by atoms with Gasteiger partial charge in [-0.25, -0.2) is 0 Å². The van der Waals surface area contributed by atoms with Gasteiger partial charge in [-0.1, -0.05) is 18.9 Å². The molecule has 1 aliphatic carbocycles. The molecule has 1 aromatic carbocycles. The lowest BCUT2D eigenvalue weighted by molar-refractivity contribution is -0.121. The molecule has 2 nitrogen and oxygen atoms in total. The van der Waals surface area contributed by atoms with Crippen molar-refractivity contribution in [3.05, 3.63) is 29.3 Å². The quantitative estimate of drug-likeness (QED) is 0.809. The van der Waals surface area contributed by atoms with Gasteiger partial charge in [0, 0.05) is 18.7 Å². The van der Waals surface area contributed by atoms with Crippen LogP contribution in [0.4, 0.5) is 5.69 Å². The molecule has 1 aliphatic rings. The average Bonchev–Trinajstić information content (AvgIpc) is 2.80. The second-order valence-electron chi connectivity index (χ2n) is 5.65. The number of likely N-dealkylation sites (N-methyl/N-ethyl adjacent to an activating group) is 1. The van der Waals surface area contributed by atoms with E-state index in [0.29, 0.717) is 18.2 Å². The van der Waals surface area contributed by atoms with Gasteiger partial charge in [-0.3, -0.25) is 4.79 Å². The van der Waals surface area contributed by atoms with E-state index in [1.807, 2.05) is 7.05 Å². The molecule has 0 spiro atoms. The van der Waals surface area contributed by atoms with Crippen LogP contribution in [0, 0.1) is 19.8 Å². The zero-order chi connectivity index (χ0) is 13.1. The molecule has 0 aliphatic heterocycles. The first kappa shape index (κ1) is 13.1. The van der Waals surface area contributed by atoms with Gasteiger partial charge in [-0.2, -0.15) is 0 Å². The molecular formula is C16H23NO. The van der Waals surface area contributed by atoms with Crippen molar-refractivity contribution >= 4 is 11.5 Å². The molecule has 0 unspecified atom stereocenters. The monoisotopic (exact) mass is 245 g/mol. The predicted molar refractivity (Wildman–Crippen MR) is 76.2 cm³/mol. The minimum atomic E-state index is 0.318. The molecule has 0 bridgehead atoms. The van der Waals surface area contributed by atoms with Gasteiger partial charge in [-0.15, -0.1) is 0 Å². The summed E-state index contributed by atoms with van der Waals surface area (Å²) < 4.78 is 0. The molecule has 0 atom stereocenters. The number of carbonyl (C=O) groups excluding carboxylic acids is 1. The number of carbonyl (C=O) groups is 1. The Morgan fingerprint density at radius 1 is 1.17 bits per heavy atom. The van der Waals surface area contributed by atoms with Crippen molar-refractivity contribution in [1.29, 1.82) is 0 Å². The summed E-state index contributed by atoms with van der Waals surface area (Å²) >= 11 is 0. The fourth-order valence-corrected chi connectivity index (χ4v) is 2.87. The molecule has 0 aromatic heterocycles. The lowest BCUT2D eigenvalue weighted by Gasteiger charge is -2.21. The van der Waals surface area contributed by atoms with Gasteiger partial charge in [0.2, 0.25) is 0 Å². The number of ketones is 1. The molecule has 1 aromatic rings. The highest BCUT2D eigenvalue weighted by Gasteiger charge is 2.23. The summed E-state index contributed by atoms with van der Waals surface area (Å²) in [6, 6.07) is 6.46. The Morgan fingerprint density at radius 2 is 1.72 bits per heavy atom. The number of Topliss-reactive ketones (excluding diaryl/α,β-unsaturated/α-hetero) is 1. The van der Waals surface area contributed by atoms with Gasteiger partial charge in [-0.05, 0) is 49.9 Å². The van der Waals surface area contributed by atoms with Crippen LogP contribution in [-0.2, 0) is 4.79 Å². The molecule has 0 amide bonds. The minimum absolute atomic E-state index is 0.318. The van der Waals surface area contributed by atoms with Gasteiger partial charge in [0.25, 0.3) is 0 Å². The van der Waals surface area contributed by atoms with Gasteiger partial charge >= 0.3 is 0 Å². The number of rotatable bonds is 4. The molecule has 1 fully saturated rings. The highest BCUT2D eigenvalue weighted by Crippen LogP contribution is 2.26. The first-order valence-corrected chi connectivity index (χ1v) is 6.88. The summed E-state index contributed by atoms with van der Waals surface area (Å²) in [4.78, 5) is 14.2. The van der Waals surface area contributed by atoms with E-state index >= 15 is 0 Å². The summed E-state index contributed by atoms with van der Waals surface area (Å²) in [6.45, 7) is 4.75. The van der Waals surface area contributed by atoms with Crippen LogP contribution in [-0.4, -0.2) is 19.4 Å². The fourth-order valence-electron chi connectivity index (χ4n) is 2.87. The Balaban J connectivity index is 2.02. The summed E-state index contributed by atoms with van der Waals surface area (Å²) in [7, 11) is 2.01. The van der Waals surface area contributed by atoms with E-state index in [-0.39, 0.29) is 0 Å². The molecule has 0 radical (unpaired) electrons. The number of anilines is 1. The summed E-state index contributed by atoms with van der Waals surface area (Å²) in [5.41, 5.74) is 3.66. The van der Waals surface area contributed by atoms with E-state index in [1.165, 1.54) is 24.0 Å². The molecule has 98 valence electrons. The first-order valence-electron chi connectivity index (χ1n) is 6.88. The number of hydrogen-bond acceptors (Lipinski definition) is 2. The SMILES string of the molecule is Cc1cc(C)cc(N(C)CC(=O)C2CCCC2)c1. The third-order valence-corrected chi connectivity index (χ3v) is 3.85. The Hall–Kier alpha value is -1.31. The molecular weight excluding hydrogens is 222 g/mol. The Bertz CT molecular complexity index is 412. The number of aryl methyl sites for hydroxylation is 2. The Labute approximate surface area is 110 Å². The maximum atomic E-state index is 12.2. The average molecular weight is 245 g/mol. The second kappa shape index (κ2) is 5.55. The first-order chi connectivity index (χ1) is 8.56. The summed E-state index contributed by atoms with van der Waals surface area (Å²) in [5, 5.41) is 0. The van der Waals surface area contributed by atoms with Gasteiger partial charge in [0.15, 0.2) is 5.78 Å². The second-order valence-corrected chi connectivity index (χ2v) is 5.65. The molecule has 2 heteroatoms. The van der Waals surface area contributed by atoms with Crippen molar-refractivity contribution in [2.75, 3.05) is 18.5 Å². The zero-order valence-electron chi connectivity index (χ0n) is 11.7. The van der Waals surface area contributed by atoms with Gasteiger partial charge < -0.3 is 4.90 Å². The van der Waals surface area contributed by atoms with Crippen molar-refractivity contribution in [2.45, 2.75) is 39.5 Å². The Kier molecular flexibility index (Phi) is 4.05. The fraction of sp³-hybridized carbons (Fsp3) is 0.562. The third-order valence-electron chi connectivity index (χ3n) is 3.85. The molecule has 18 heavy (non-hydrogen) atoms. The van der Waals surface area contributed by atoms with Crippen LogP contribution in [0.3, 0.4) is 0 Å². The van der Waals surface area contributed by atoms with Gasteiger partial charge in [0.1, 0.15) is 0 Å².